The monoisotopic (exact) mass is 432 g/mol. The highest BCUT2D eigenvalue weighted by atomic mass is 35.5. The summed E-state index contributed by atoms with van der Waals surface area (Å²) in [7, 11) is -1.36. The third-order valence-corrected chi connectivity index (χ3v) is 6.78. The highest BCUT2D eigenvalue weighted by Crippen LogP contribution is 2.40. The van der Waals surface area contributed by atoms with E-state index in [-0.39, 0.29) is 23.2 Å². The molecule has 1 aliphatic heterocycles. The molecule has 1 N–H and O–H groups in total. The quantitative estimate of drug-likeness (QED) is 0.698. The second-order valence-corrected chi connectivity index (χ2v) is 9.72. The van der Waals surface area contributed by atoms with Crippen molar-refractivity contribution in [2.24, 2.45) is 5.41 Å². The van der Waals surface area contributed by atoms with Crippen LogP contribution in [-0.2, 0) is 22.1 Å². The summed E-state index contributed by atoms with van der Waals surface area (Å²) in [4.78, 5) is 26.5. The number of aliphatic hydroxyl groups is 1. The zero-order chi connectivity index (χ0) is 21.1. The average molecular weight is 433 g/mol. The van der Waals surface area contributed by atoms with Crippen molar-refractivity contribution >= 4 is 28.5 Å². The minimum atomic E-state index is -1.36. The molecule has 0 aromatic carbocycles. The molecule has 0 bridgehead atoms. The van der Waals surface area contributed by atoms with Crippen LogP contribution in [0.3, 0.4) is 0 Å². The van der Waals surface area contributed by atoms with Crippen LogP contribution in [0.15, 0.2) is 22.0 Å². The number of carbonyl (C=O) groups excluding carboxylic acids is 1. The van der Waals surface area contributed by atoms with Crippen molar-refractivity contribution in [3.8, 4) is 0 Å². The molecule has 1 fully saturated rings. The summed E-state index contributed by atoms with van der Waals surface area (Å²) in [5.41, 5.74) is -2.28. The number of rotatable bonds is 6. The molecule has 1 aromatic heterocycles. The fraction of sp³-hybridized carbons (Fsp3) is 0.684. The van der Waals surface area contributed by atoms with Gasteiger partial charge in [0.1, 0.15) is 0 Å². The van der Waals surface area contributed by atoms with Gasteiger partial charge in [0.25, 0.3) is 5.56 Å². The van der Waals surface area contributed by atoms with Crippen LogP contribution in [0.2, 0.25) is 5.02 Å². The third kappa shape index (κ3) is 4.96. The molecule has 0 saturated carbocycles. The summed E-state index contributed by atoms with van der Waals surface area (Å²) in [6.45, 7) is 6.79. The summed E-state index contributed by atoms with van der Waals surface area (Å²) in [6.07, 6.45) is 4.60. The second kappa shape index (κ2) is 8.97. The van der Waals surface area contributed by atoms with Gasteiger partial charge in [0, 0.05) is 37.0 Å². The molecule has 0 radical (unpaired) electrons. The Labute approximate surface area is 173 Å². The van der Waals surface area contributed by atoms with E-state index in [1.807, 2.05) is 20.8 Å². The standard InChI is InChI=1S/C19H29ClN2O5S/c1-5-6-9-27-17(24)21-8-7-19(25,18(2,3)12-21)13-22-11-15(28(4)26)14(20)10-16(22)23/h10-11,25H,5-9,12-13H2,1-4H3. The summed E-state index contributed by atoms with van der Waals surface area (Å²) in [5.74, 6) is 0. The van der Waals surface area contributed by atoms with Crippen LogP contribution in [0.25, 0.3) is 0 Å². The molecule has 0 spiro atoms. The predicted octanol–water partition coefficient (Wildman–Crippen LogP) is 2.64. The van der Waals surface area contributed by atoms with Crippen molar-refractivity contribution in [1.29, 1.82) is 0 Å². The van der Waals surface area contributed by atoms with E-state index in [0.717, 1.165) is 12.8 Å². The number of hydrogen-bond acceptors (Lipinski definition) is 5. The number of carbonyl (C=O) groups is 1. The van der Waals surface area contributed by atoms with Crippen LogP contribution in [0.5, 0.6) is 0 Å². The fourth-order valence-electron chi connectivity index (χ4n) is 3.35. The van der Waals surface area contributed by atoms with E-state index in [1.165, 1.54) is 23.1 Å². The molecular weight excluding hydrogens is 404 g/mol. The molecule has 0 aliphatic carbocycles. The lowest BCUT2D eigenvalue weighted by Gasteiger charge is -2.50. The predicted molar refractivity (Wildman–Crippen MR) is 109 cm³/mol. The van der Waals surface area contributed by atoms with Crippen LogP contribution in [0.4, 0.5) is 4.79 Å². The van der Waals surface area contributed by atoms with Crippen LogP contribution in [0, 0.1) is 5.41 Å². The number of halogens is 1. The number of pyridine rings is 1. The first-order chi connectivity index (χ1) is 13.0. The lowest BCUT2D eigenvalue weighted by Crippen LogP contribution is -2.60. The Morgan fingerprint density at radius 3 is 2.68 bits per heavy atom. The molecule has 2 heterocycles. The molecule has 2 atom stereocenters. The van der Waals surface area contributed by atoms with Crippen LogP contribution in [0.1, 0.15) is 40.0 Å². The first kappa shape index (κ1) is 22.9. The molecular formula is C19H29ClN2O5S. The summed E-state index contributed by atoms with van der Waals surface area (Å²) >= 11 is 6.01. The van der Waals surface area contributed by atoms with Crippen molar-refractivity contribution in [1.82, 2.24) is 9.47 Å². The third-order valence-electron chi connectivity index (χ3n) is 5.41. The first-order valence-corrected chi connectivity index (χ1v) is 11.3. The Balaban J connectivity index is 2.19. The van der Waals surface area contributed by atoms with Crippen molar-refractivity contribution in [2.75, 3.05) is 26.0 Å². The fourth-order valence-corrected chi connectivity index (χ4v) is 4.43. The Morgan fingerprint density at radius 1 is 1.43 bits per heavy atom. The lowest BCUT2D eigenvalue weighted by molar-refractivity contribution is -0.124. The van der Waals surface area contributed by atoms with Crippen LogP contribution < -0.4 is 5.56 Å². The second-order valence-electron chi connectivity index (χ2n) is 7.96. The summed E-state index contributed by atoms with van der Waals surface area (Å²) in [6, 6.07) is 1.22. The minimum absolute atomic E-state index is 0.0267. The summed E-state index contributed by atoms with van der Waals surface area (Å²) in [5, 5.41) is 11.5. The molecule has 28 heavy (non-hydrogen) atoms. The highest BCUT2D eigenvalue weighted by Gasteiger charge is 2.49. The Hall–Kier alpha value is -1.38. The van der Waals surface area contributed by atoms with Gasteiger partial charge in [-0.2, -0.15) is 0 Å². The number of aromatic nitrogens is 1. The van der Waals surface area contributed by atoms with E-state index < -0.39 is 21.8 Å². The van der Waals surface area contributed by atoms with Gasteiger partial charge >= 0.3 is 6.09 Å². The highest BCUT2D eigenvalue weighted by molar-refractivity contribution is 7.84. The molecule has 2 unspecified atom stereocenters. The van der Waals surface area contributed by atoms with Gasteiger partial charge in [0.05, 0.1) is 39.5 Å². The Kier molecular flexibility index (Phi) is 7.33. The average Bonchev–Trinajstić information content (AvgIpc) is 2.59. The molecule has 1 aromatic rings. The van der Waals surface area contributed by atoms with Gasteiger partial charge in [-0.1, -0.05) is 38.8 Å². The first-order valence-electron chi connectivity index (χ1n) is 9.38. The molecule has 1 aliphatic rings. The van der Waals surface area contributed by atoms with E-state index in [9.17, 15) is 18.9 Å². The van der Waals surface area contributed by atoms with Crippen molar-refractivity contribution in [3.63, 3.8) is 0 Å². The maximum atomic E-state index is 12.3. The van der Waals surface area contributed by atoms with E-state index in [0.29, 0.717) is 31.0 Å². The topological polar surface area (TPSA) is 88.8 Å². The molecule has 1 saturated heterocycles. The number of likely N-dealkylation sites (tertiary alicyclic amines) is 1. The number of hydrogen-bond donors (Lipinski definition) is 1. The number of unbranched alkanes of at least 4 members (excludes halogenated alkanes) is 1. The zero-order valence-electron chi connectivity index (χ0n) is 16.9. The lowest BCUT2D eigenvalue weighted by atomic mass is 9.70. The number of ether oxygens (including phenoxy) is 1. The van der Waals surface area contributed by atoms with E-state index in [2.05, 4.69) is 0 Å². The Bertz CT molecular complexity index is 810. The number of piperidine rings is 1. The minimum Gasteiger partial charge on any atom is -0.449 e. The normalized spacial score (nSPS) is 22.7. The van der Waals surface area contributed by atoms with Crippen molar-refractivity contribution < 1.29 is 18.8 Å². The molecule has 1 amide bonds. The SMILES string of the molecule is CCCCOC(=O)N1CCC(O)(Cn2cc(S(C)=O)c(Cl)cc2=O)C(C)(C)C1. The van der Waals surface area contributed by atoms with E-state index in [1.54, 1.807) is 4.90 Å². The molecule has 158 valence electrons. The smallest absolute Gasteiger partial charge is 0.409 e. The van der Waals surface area contributed by atoms with Crippen molar-refractivity contribution in [3.05, 3.63) is 27.6 Å². The van der Waals surface area contributed by atoms with Gasteiger partial charge in [0.15, 0.2) is 0 Å². The van der Waals surface area contributed by atoms with E-state index >= 15 is 0 Å². The van der Waals surface area contributed by atoms with Gasteiger partial charge < -0.3 is 19.3 Å². The molecule has 2 rings (SSSR count). The number of nitrogens with zero attached hydrogens (tertiary/aromatic N) is 2. The zero-order valence-corrected chi connectivity index (χ0v) is 18.4. The summed E-state index contributed by atoms with van der Waals surface area (Å²) < 4.78 is 18.5. The number of amides is 1. The maximum absolute atomic E-state index is 12.3. The van der Waals surface area contributed by atoms with E-state index in [4.69, 9.17) is 16.3 Å². The molecule has 9 heteroatoms. The van der Waals surface area contributed by atoms with Gasteiger partial charge in [-0.15, -0.1) is 0 Å². The van der Waals surface area contributed by atoms with Crippen LogP contribution in [-0.4, -0.2) is 56.4 Å². The Morgan fingerprint density at radius 2 is 2.11 bits per heavy atom. The van der Waals surface area contributed by atoms with Gasteiger partial charge in [-0.25, -0.2) is 4.79 Å². The van der Waals surface area contributed by atoms with Crippen LogP contribution >= 0.6 is 11.6 Å². The van der Waals surface area contributed by atoms with Crippen molar-refractivity contribution in [2.45, 2.75) is 57.1 Å². The largest absolute Gasteiger partial charge is 0.449 e. The van der Waals surface area contributed by atoms with Gasteiger partial charge in [-0.05, 0) is 12.8 Å². The maximum Gasteiger partial charge on any atom is 0.409 e. The van der Waals surface area contributed by atoms with Gasteiger partial charge in [0.2, 0.25) is 0 Å². The van der Waals surface area contributed by atoms with Gasteiger partial charge in [-0.3, -0.25) is 9.00 Å². The molecule has 7 nitrogen and oxygen atoms in total.